The SMILES string of the molecule is CC(C)(O)C(C)(C)S(=O)C(c1ccccc1)c1ccccc1. The Bertz CT molecular complexity index is 588. The van der Waals surface area contributed by atoms with Crippen LogP contribution in [0.3, 0.4) is 0 Å². The molecular weight excluding hydrogens is 292 g/mol. The molecule has 0 aromatic heterocycles. The monoisotopic (exact) mass is 316 g/mol. The summed E-state index contributed by atoms with van der Waals surface area (Å²) in [5.41, 5.74) is 0.966. The van der Waals surface area contributed by atoms with Crippen LogP contribution in [0.2, 0.25) is 0 Å². The lowest BCUT2D eigenvalue weighted by Crippen LogP contribution is -2.49. The van der Waals surface area contributed by atoms with Crippen molar-refractivity contribution in [2.24, 2.45) is 0 Å². The van der Waals surface area contributed by atoms with E-state index in [-0.39, 0.29) is 5.25 Å². The number of hydrogen-bond donors (Lipinski definition) is 1. The molecule has 2 aromatic rings. The van der Waals surface area contributed by atoms with Gasteiger partial charge in [-0.05, 0) is 38.8 Å². The largest absolute Gasteiger partial charge is 0.389 e. The quantitative estimate of drug-likeness (QED) is 0.902. The zero-order valence-corrected chi connectivity index (χ0v) is 14.4. The number of hydrogen-bond acceptors (Lipinski definition) is 2. The van der Waals surface area contributed by atoms with Gasteiger partial charge in [0, 0.05) is 10.8 Å². The van der Waals surface area contributed by atoms with E-state index in [1.165, 1.54) is 0 Å². The Balaban J connectivity index is 2.54. The van der Waals surface area contributed by atoms with Crippen molar-refractivity contribution in [1.82, 2.24) is 0 Å². The highest BCUT2D eigenvalue weighted by atomic mass is 32.2. The van der Waals surface area contributed by atoms with Crippen LogP contribution >= 0.6 is 0 Å². The summed E-state index contributed by atoms with van der Waals surface area (Å²) in [7, 11) is -1.29. The van der Waals surface area contributed by atoms with Crippen molar-refractivity contribution in [3.05, 3.63) is 71.8 Å². The van der Waals surface area contributed by atoms with Crippen LogP contribution in [0.25, 0.3) is 0 Å². The molecule has 0 bridgehead atoms. The standard InChI is InChI=1S/C19H24O2S/c1-18(2,20)19(3,4)22(21)17(15-11-7-5-8-12-15)16-13-9-6-10-14-16/h5-14,17,20H,1-4H3. The normalized spacial score (nSPS) is 14.1. The lowest BCUT2D eigenvalue weighted by molar-refractivity contribution is 0.0471. The van der Waals surface area contributed by atoms with Crippen LogP contribution in [-0.4, -0.2) is 19.7 Å². The predicted octanol–water partition coefficient (Wildman–Crippen LogP) is 4.07. The topological polar surface area (TPSA) is 37.3 Å². The average Bonchev–Trinajstić information content (AvgIpc) is 2.48. The third-order valence-electron chi connectivity index (χ3n) is 4.40. The molecule has 1 unspecified atom stereocenters. The van der Waals surface area contributed by atoms with Gasteiger partial charge < -0.3 is 5.11 Å². The van der Waals surface area contributed by atoms with Gasteiger partial charge >= 0.3 is 0 Å². The second-order valence-corrected chi connectivity index (χ2v) is 8.65. The van der Waals surface area contributed by atoms with Crippen molar-refractivity contribution in [3.8, 4) is 0 Å². The summed E-state index contributed by atoms with van der Waals surface area (Å²) < 4.78 is 12.6. The lowest BCUT2D eigenvalue weighted by atomic mass is 9.94. The van der Waals surface area contributed by atoms with Gasteiger partial charge in [0.2, 0.25) is 0 Å². The zero-order valence-electron chi connectivity index (χ0n) is 13.6. The number of rotatable bonds is 5. The van der Waals surface area contributed by atoms with Gasteiger partial charge in [0.25, 0.3) is 0 Å². The van der Waals surface area contributed by atoms with E-state index in [9.17, 15) is 9.32 Å². The molecule has 1 N–H and O–H groups in total. The zero-order chi connectivity index (χ0) is 16.4. The molecule has 2 nitrogen and oxygen atoms in total. The van der Waals surface area contributed by atoms with E-state index in [1.807, 2.05) is 74.5 Å². The molecule has 0 aliphatic heterocycles. The molecule has 0 saturated carbocycles. The fraction of sp³-hybridized carbons (Fsp3) is 0.368. The van der Waals surface area contributed by atoms with E-state index in [0.717, 1.165) is 11.1 Å². The number of aliphatic hydroxyl groups is 1. The van der Waals surface area contributed by atoms with Gasteiger partial charge in [-0.25, -0.2) is 0 Å². The average molecular weight is 316 g/mol. The van der Waals surface area contributed by atoms with Crippen LogP contribution < -0.4 is 0 Å². The maximum Gasteiger partial charge on any atom is 0.0853 e. The Labute approximate surface area is 135 Å². The molecule has 0 heterocycles. The summed E-state index contributed by atoms with van der Waals surface area (Å²) in [5.74, 6) is 0. The summed E-state index contributed by atoms with van der Waals surface area (Å²) in [6.07, 6.45) is 0. The second kappa shape index (κ2) is 6.35. The molecule has 0 radical (unpaired) electrons. The molecule has 0 aliphatic carbocycles. The maximum atomic E-state index is 13.4. The number of benzene rings is 2. The second-order valence-electron chi connectivity index (χ2n) is 6.57. The summed E-state index contributed by atoms with van der Waals surface area (Å²) in [6, 6.07) is 19.7. The molecular formula is C19H24O2S. The van der Waals surface area contributed by atoms with Gasteiger partial charge in [0.1, 0.15) is 0 Å². The highest BCUT2D eigenvalue weighted by Gasteiger charge is 2.44. The van der Waals surface area contributed by atoms with Gasteiger partial charge in [0.05, 0.1) is 15.6 Å². The van der Waals surface area contributed by atoms with E-state index < -0.39 is 21.1 Å². The Hall–Kier alpha value is -1.45. The molecule has 0 fully saturated rings. The first-order valence-corrected chi connectivity index (χ1v) is 8.69. The van der Waals surface area contributed by atoms with E-state index in [1.54, 1.807) is 13.8 Å². The smallest absolute Gasteiger partial charge is 0.0853 e. The molecule has 2 rings (SSSR count). The molecule has 0 amide bonds. The van der Waals surface area contributed by atoms with Gasteiger partial charge in [-0.2, -0.15) is 0 Å². The molecule has 0 aliphatic rings. The molecule has 0 saturated heterocycles. The molecule has 1 atom stereocenters. The van der Waals surface area contributed by atoms with Crippen molar-refractivity contribution >= 4 is 10.8 Å². The summed E-state index contributed by atoms with van der Waals surface area (Å²) in [6.45, 7) is 7.17. The fourth-order valence-electron chi connectivity index (χ4n) is 2.24. The van der Waals surface area contributed by atoms with E-state index >= 15 is 0 Å². The van der Waals surface area contributed by atoms with Crippen LogP contribution in [-0.2, 0) is 10.8 Å². The van der Waals surface area contributed by atoms with E-state index in [2.05, 4.69) is 0 Å². The van der Waals surface area contributed by atoms with Crippen molar-refractivity contribution in [2.45, 2.75) is 43.3 Å². The molecule has 118 valence electrons. The third kappa shape index (κ3) is 3.31. The minimum atomic E-state index is -1.29. The first-order valence-electron chi connectivity index (χ1n) is 7.48. The molecule has 22 heavy (non-hydrogen) atoms. The van der Waals surface area contributed by atoms with Crippen molar-refractivity contribution in [3.63, 3.8) is 0 Å². The van der Waals surface area contributed by atoms with Crippen LogP contribution in [0.4, 0.5) is 0 Å². The van der Waals surface area contributed by atoms with Crippen LogP contribution in [0.1, 0.15) is 44.1 Å². The highest BCUT2D eigenvalue weighted by molar-refractivity contribution is 7.87. The van der Waals surface area contributed by atoms with Gasteiger partial charge in [-0.15, -0.1) is 0 Å². The Morgan fingerprint density at radius 3 is 1.50 bits per heavy atom. The summed E-state index contributed by atoms with van der Waals surface area (Å²) >= 11 is 0. The predicted molar refractivity (Wildman–Crippen MR) is 93.2 cm³/mol. The molecule has 0 spiro atoms. The highest BCUT2D eigenvalue weighted by Crippen LogP contribution is 2.38. The summed E-state index contributed by atoms with van der Waals surface area (Å²) in [5, 5.41) is 10.2. The Kier molecular flexibility index (Phi) is 4.88. The van der Waals surface area contributed by atoms with Gasteiger partial charge in [-0.3, -0.25) is 4.21 Å². The first kappa shape index (κ1) is 16.9. The Morgan fingerprint density at radius 1 is 0.818 bits per heavy atom. The molecule has 3 heteroatoms. The van der Waals surface area contributed by atoms with Crippen molar-refractivity contribution < 1.29 is 9.32 Å². The van der Waals surface area contributed by atoms with Crippen LogP contribution in [0.5, 0.6) is 0 Å². The summed E-state index contributed by atoms with van der Waals surface area (Å²) in [4.78, 5) is 0. The fourth-order valence-corrected chi connectivity index (χ4v) is 4.13. The van der Waals surface area contributed by atoms with Crippen molar-refractivity contribution in [2.75, 3.05) is 0 Å². The van der Waals surface area contributed by atoms with Gasteiger partial charge in [0.15, 0.2) is 0 Å². The minimum Gasteiger partial charge on any atom is -0.389 e. The van der Waals surface area contributed by atoms with Gasteiger partial charge in [-0.1, -0.05) is 60.7 Å². The lowest BCUT2D eigenvalue weighted by Gasteiger charge is -2.39. The van der Waals surface area contributed by atoms with E-state index in [4.69, 9.17) is 0 Å². The maximum absolute atomic E-state index is 13.4. The van der Waals surface area contributed by atoms with Crippen LogP contribution in [0.15, 0.2) is 60.7 Å². The van der Waals surface area contributed by atoms with Crippen LogP contribution in [0, 0.1) is 0 Å². The molecule has 2 aromatic carbocycles. The minimum absolute atomic E-state index is 0.260. The third-order valence-corrected chi connectivity index (χ3v) is 6.87. The Morgan fingerprint density at radius 2 is 1.18 bits per heavy atom. The first-order chi connectivity index (χ1) is 10.2. The van der Waals surface area contributed by atoms with E-state index in [0.29, 0.717) is 0 Å². The van der Waals surface area contributed by atoms with Crippen molar-refractivity contribution in [1.29, 1.82) is 0 Å².